The Bertz CT molecular complexity index is 740. The number of benzene rings is 1. The van der Waals surface area contributed by atoms with E-state index in [-0.39, 0.29) is 22.5 Å². The third kappa shape index (κ3) is 1.48. The summed E-state index contributed by atoms with van der Waals surface area (Å²) in [7, 11) is 0. The van der Waals surface area contributed by atoms with Crippen LogP contribution in [0.3, 0.4) is 0 Å². The van der Waals surface area contributed by atoms with Gasteiger partial charge in [-0.1, -0.05) is 34.1 Å². The molecule has 0 spiro atoms. The Morgan fingerprint density at radius 2 is 1.91 bits per heavy atom. The van der Waals surface area contributed by atoms with Gasteiger partial charge in [0, 0.05) is 16.6 Å². The molecule has 1 aromatic rings. The summed E-state index contributed by atoms with van der Waals surface area (Å²) in [6.45, 7) is 8.70. The topological polar surface area (TPSA) is 37.3 Å². The number of aromatic hydroxyl groups is 1. The Kier molecular flexibility index (Phi) is 2.58. The van der Waals surface area contributed by atoms with Crippen LogP contribution in [-0.2, 0) is 5.41 Å². The molecule has 116 valence electrons. The molecule has 22 heavy (non-hydrogen) atoms. The van der Waals surface area contributed by atoms with Crippen molar-refractivity contribution < 1.29 is 9.90 Å². The molecule has 3 aliphatic carbocycles. The predicted octanol–water partition coefficient (Wildman–Crippen LogP) is 4.86. The van der Waals surface area contributed by atoms with Crippen molar-refractivity contribution in [1.82, 2.24) is 0 Å². The molecule has 2 heteroatoms. The molecule has 2 atom stereocenters. The van der Waals surface area contributed by atoms with Crippen LogP contribution in [0.2, 0.25) is 0 Å². The van der Waals surface area contributed by atoms with Gasteiger partial charge in [0.1, 0.15) is 5.75 Å². The molecule has 0 aliphatic heterocycles. The van der Waals surface area contributed by atoms with E-state index in [1.165, 1.54) is 18.4 Å². The van der Waals surface area contributed by atoms with Crippen LogP contribution in [0.1, 0.15) is 80.8 Å². The highest BCUT2D eigenvalue weighted by atomic mass is 16.3. The Hall–Kier alpha value is -1.57. The largest absolute Gasteiger partial charge is 0.508 e. The molecular weight excluding hydrogens is 272 g/mol. The van der Waals surface area contributed by atoms with Gasteiger partial charge in [-0.05, 0) is 59.4 Å². The molecule has 1 N–H and O–H groups in total. The minimum absolute atomic E-state index is 0.0587. The number of fused-ring (bicyclic) bond motifs is 2. The predicted molar refractivity (Wildman–Crippen MR) is 87.5 cm³/mol. The van der Waals surface area contributed by atoms with E-state index in [9.17, 15) is 9.90 Å². The van der Waals surface area contributed by atoms with E-state index >= 15 is 0 Å². The second-order valence-electron chi connectivity index (χ2n) is 8.22. The number of allylic oxidation sites excluding steroid dienone is 2. The van der Waals surface area contributed by atoms with Crippen LogP contribution in [0.25, 0.3) is 0 Å². The highest BCUT2D eigenvalue weighted by molar-refractivity contribution is 6.14. The van der Waals surface area contributed by atoms with E-state index in [1.807, 2.05) is 12.1 Å². The number of ketones is 1. The van der Waals surface area contributed by atoms with Crippen LogP contribution < -0.4 is 0 Å². The zero-order valence-electron chi connectivity index (χ0n) is 13.9. The second-order valence-corrected chi connectivity index (χ2v) is 8.22. The van der Waals surface area contributed by atoms with E-state index in [2.05, 4.69) is 27.7 Å². The average molecular weight is 296 g/mol. The van der Waals surface area contributed by atoms with Crippen LogP contribution in [0.4, 0.5) is 0 Å². The normalized spacial score (nSPS) is 32.7. The third-order valence-corrected chi connectivity index (χ3v) is 6.33. The summed E-state index contributed by atoms with van der Waals surface area (Å²) in [5, 5.41) is 10.4. The average Bonchev–Trinajstić information content (AvgIpc) is 2.41. The van der Waals surface area contributed by atoms with Crippen molar-refractivity contribution in [2.75, 3.05) is 0 Å². The maximum absolute atomic E-state index is 12.9. The van der Waals surface area contributed by atoms with Crippen molar-refractivity contribution in [1.29, 1.82) is 0 Å². The summed E-state index contributed by atoms with van der Waals surface area (Å²) in [4.78, 5) is 12.9. The van der Waals surface area contributed by atoms with Gasteiger partial charge in [-0.2, -0.15) is 0 Å². The van der Waals surface area contributed by atoms with Gasteiger partial charge in [0.15, 0.2) is 5.78 Å². The molecule has 0 radical (unpaired) electrons. The maximum Gasteiger partial charge on any atom is 0.189 e. The summed E-state index contributed by atoms with van der Waals surface area (Å²) >= 11 is 0. The minimum Gasteiger partial charge on any atom is -0.508 e. The van der Waals surface area contributed by atoms with Crippen molar-refractivity contribution in [2.45, 2.75) is 64.7 Å². The molecule has 0 unspecified atom stereocenters. The zero-order valence-corrected chi connectivity index (χ0v) is 13.9. The van der Waals surface area contributed by atoms with Crippen LogP contribution in [-0.4, -0.2) is 10.9 Å². The molecule has 0 heterocycles. The molecule has 0 amide bonds. The van der Waals surface area contributed by atoms with Gasteiger partial charge in [0.05, 0.1) is 0 Å². The number of phenolic OH excluding ortho intramolecular Hbond substituents is 1. The number of Topliss-reactive ketones (excluding diaryl/α,β-unsaturated/α-hetero) is 1. The number of phenols is 1. The number of hydrogen-bond donors (Lipinski definition) is 1. The Labute approximate surface area is 132 Å². The molecule has 0 aromatic heterocycles. The molecule has 2 nitrogen and oxygen atoms in total. The lowest BCUT2D eigenvalue weighted by atomic mass is 9.45. The monoisotopic (exact) mass is 296 g/mol. The zero-order chi connectivity index (χ0) is 15.9. The number of carbonyl (C=O) groups excluding carboxylic acids is 1. The quantitative estimate of drug-likeness (QED) is 0.803. The van der Waals surface area contributed by atoms with E-state index in [1.54, 1.807) is 0 Å². The minimum atomic E-state index is -0.0587. The molecule has 0 saturated heterocycles. The summed E-state index contributed by atoms with van der Waals surface area (Å²) in [5.41, 5.74) is 5.38. The van der Waals surface area contributed by atoms with Crippen molar-refractivity contribution in [3.05, 3.63) is 40.0 Å². The fourth-order valence-corrected chi connectivity index (χ4v) is 5.33. The van der Waals surface area contributed by atoms with Crippen LogP contribution >= 0.6 is 0 Å². The Morgan fingerprint density at radius 3 is 2.59 bits per heavy atom. The van der Waals surface area contributed by atoms with E-state index in [0.717, 1.165) is 35.1 Å². The second kappa shape index (κ2) is 4.04. The van der Waals surface area contributed by atoms with Gasteiger partial charge in [0.2, 0.25) is 0 Å². The van der Waals surface area contributed by atoms with Crippen LogP contribution in [0.15, 0.2) is 23.3 Å². The highest BCUT2D eigenvalue weighted by Crippen LogP contribution is 2.65. The van der Waals surface area contributed by atoms with E-state index in [0.29, 0.717) is 5.75 Å². The van der Waals surface area contributed by atoms with E-state index in [4.69, 9.17) is 0 Å². The number of rotatable bonds is 1. The molecular formula is C20H24O2. The molecule has 4 rings (SSSR count). The van der Waals surface area contributed by atoms with Crippen molar-refractivity contribution >= 4 is 5.78 Å². The summed E-state index contributed by atoms with van der Waals surface area (Å²) in [5.74, 6) is 0.779. The van der Waals surface area contributed by atoms with E-state index < -0.39 is 0 Å². The summed E-state index contributed by atoms with van der Waals surface area (Å²) < 4.78 is 0. The van der Waals surface area contributed by atoms with Crippen molar-refractivity contribution in [2.24, 2.45) is 5.41 Å². The van der Waals surface area contributed by atoms with Crippen molar-refractivity contribution in [3.8, 4) is 5.75 Å². The lowest BCUT2D eigenvalue weighted by molar-refractivity contribution is 0.0946. The lowest BCUT2D eigenvalue weighted by Crippen LogP contribution is -2.50. The first-order valence-corrected chi connectivity index (χ1v) is 8.44. The molecule has 0 bridgehead atoms. The molecule has 1 aromatic carbocycles. The Balaban J connectivity index is 1.99. The first-order valence-electron chi connectivity index (χ1n) is 8.44. The number of hydrogen-bond acceptors (Lipinski definition) is 2. The van der Waals surface area contributed by atoms with Gasteiger partial charge in [-0.25, -0.2) is 0 Å². The van der Waals surface area contributed by atoms with Gasteiger partial charge in [-0.3, -0.25) is 4.79 Å². The lowest BCUT2D eigenvalue weighted by Gasteiger charge is -2.58. The summed E-state index contributed by atoms with van der Waals surface area (Å²) in [6.07, 6.45) is 4.42. The van der Waals surface area contributed by atoms with Crippen LogP contribution in [0.5, 0.6) is 5.75 Å². The van der Waals surface area contributed by atoms with Gasteiger partial charge >= 0.3 is 0 Å². The Morgan fingerprint density at radius 1 is 1.18 bits per heavy atom. The van der Waals surface area contributed by atoms with Crippen LogP contribution in [0, 0.1) is 5.41 Å². The fraction of sp³-hybridized carbons (Fsp3) is 0.550. The third-order valence-electron chi connectivity index (χ3n) is 6.33. The summed E-state index contributed by atoms with van der Waals surface area (Å²) in [6, 6.07) is 3.84. The highest BCUT2D eigenvalue weighted by Gasteiger charge is 2.57. The standard InChI is InChI=1S/C20H24O2/c1-11(2)12-8-13-15(9-16(12)21)20(4)7-5-6-19(3)10-14(17(13)22)18(19)20/h8-9,11,21H,5-7,10H2,1-4H3/t19-,20+/m0/s1. The smallest absolute Gasteiger partial charge is 0.189 e. The first kappa shape index (κ1) is 14.0. The van der Waals surface area contributed by atoms with Gasteiger partial charge in [0.25, 0.3) is 0 Å². The molecule has 1 fully saturated rings. The SMILES string of the molecule is CC(C)c1cc2c(cc1O)[C@@]1(C)CCC[C@@]3(C)CC(=C31)C2=O. The fourth-order valence-electron chi connectivity index (χ4n) is 5.33. The number of carbonyl (C=O) groups is 1. The maximum atomic E-state index is 12.9. The molecule has 1 saturated carbocycles. The molecule has 3 aliphatic rings. The van der Waals surface area contributed by atoms with Crippen molar-refractivity contribution in [3.63, 3.8) is 0 Å². The van der Waals surface area contributed by atoms with Gasteiger partial charge in [-0.15, -0.1) is 0 Å². The first-order chi connectivity index (χ1) is 10.3. The van der Waals surface area contributed by atoms with Gasteiger partial charge < -0.3 is 5.11 Å².